The van der Waals surface area contributed by atoms with Crippen molar-refractivity contribution in [2.45, 2.75) is 11.4 Å². The molecule has 2 atom stereocenters. The zero-order valence-electron chi connectivity index (χ0n) is 16.4. The van der Waals surface area contributed by atoms with E-state index in [-0.39, 0.29) is 12.2 Å². The molecule has 0 saturated carbocycles. The van der Waals surface area contributed by atoms with E-state index in [1.54, 1.807) is 16.7 Å². The van der Waals surface area contributed by atoms with Crippen LogP contribution in [0, 0.1) is 0 Å². The van der Waals surface area contributed by atoms with Gasteiger partial charge in [0, 0.05) is 10.0 Å². The molecular formula is C25H17BrN2O3. The smallest absolute Gasteiger partial charge is 0.266 e. The minimum absolute atomic E-state index is 0.143. The molecule has 1 fully saturated rings. The van der Waals surface area contributed by atoms with Crippen molar-refractivity contribution in [1.29, 1.82) is 0 Å². The van der Waals surface area contributed by atoms with E-state index in [1.807, 2.05) is 66.7 Å². The number of ether oxygens (including phenoxy) is 2. The molecule has 2 aliphatic rings. The summed E-state index contributed by atoms with van der Waals surface area (Å²) in [6.45, 7) is 4.29. The van der Waals surface area contributed by atoms with Gasteiger partial charge in [-0.05, 0) is 35.9 Å². The Morgan fingerprint density at radius 1 is 1.06 bits per heavy atom. The Morgan fingerprint density at radius 2 is 1.87 bits per heavy atom. The summed E-state index contributed by atoms with van der Waals surface area (Å²) in [5.74, 6) is -0.882. The van der Waals surface area contributed by atoms with Crippen LogP contribution in [0.3, 0.4) is 0 Å². The monoisotopic (exact) mass is 472 g/mol. The van der Waals surface area contributed by atoms with E-state index < -0.39 is 11.4 Å². The second-order valence-electron chi connectivity index (χ2n) is 7.72. The predicted octanol–water partition coefficient (Wildman–Crippen LogP) is 4.79. The van der Waals surface area contributed by atoms with Gasteiger partial charge < -0.3 is 9.47 Å². The molecule has 152 valence electrons. The summed E-state index contributed by atoms with van der Waals surface area (Å²) in [6, 6.07) is 22.8. The number of hydrogen-bond acceptors (Lipinski definition) is 4. The highest BCUT2D eigenvalue weighted by molar-refractivity contribution is 9.10. The maximum absolute atomic E-state index is 13.5. The maximum atomic E-state index is 13.5. The molecule has 3 heterocycles. The summed E-state index contributed by atoms with van der Waals surface area (Å²) < 4.78 is 15.7. The van der Waals surface area contributed by atoms with Crippen LogP contribution in [0.15, 0.2) is 94.7 Å². The topological polar surface area (TPSA) is 53.4 Å². The molecule has 6 heteroatoms. The molecule has 0 N–H and O–H groups in total. The van der Waals surface area contributed by atoms with E-state index in [9.17, 15) is 4.79 Å². The summed E-state index contributed by atoms with van der Waals surface area (Å²) in [6.07, 6.45) is 1.76. The number of fused-ring (bicyclic) bond motifs is 6. The van der Waals surface area contributed by atoms with Crippen LogP contribution in [0.1, 0.15) is 17.0 Å². The highest BCUT2D eigenvalue weighted by Gasteiger charge is 2.58. The lowest BCUT2D eigenvalue weighted by molar-refractivity contribution is -0.159. The van der Waals surface area contributed by atoms with E-state index in [4.69, 9.17) is 14.5 Å². The molecule has 31 heavy (non-hydrogen) atoms. The van der Waals surface area contributed by atoms with Crippen molar-refractivity contribution in [3.05, 3.63) is 117 Å². The largest absolute Gasteiger partial charge is 0.336 e. The van der Waals surface area contributed by atoms with Gasteiger partial charge in [0.15, 0.2) is 5.82 Å². The molecule has 2 aliphatic heterocycles. The lowest BCUT2D eigenvalue weighted by atomic mass is 9.95. The van der Waals surface area contributed by atoms with Gasteiger partial charge in [-0.1, -0.05) is 71.0 Å². The quantitative estimate of drug-likeness (QED) is 0.393. The van der Waals surface area contributed by atoms with E-state index in [2.05, 4.69) is 22.5 Å². The number of nitrogens with zero attached hydrogens (tertiary/aromatic N) is 2. The molecule has 1 spiro atoms. The van der Waals surface area contributed by atoms with Crippen LogP contribution in [0.5, 0.6) is 0 Å². The van der Waals surface area contributed by atoms with E-state index in [1.165, 1.54) is 0 Å². The molecule has 0 radical (unpaired) electrons. The zero-order valence-corrected chi connectivity index (χ0v) is 18.0. The van der Waals surface area contributed by atoms with Crippen molar-refractivity contribution in [3.63, 3.8) is 0 Å². The summed E-state index contributed by atoms with van der Waals surface area (Å²) in [5, 5.41) is 0.554. The molecule has 0 aliphatic carbocycles. The van der Waals surface area contributed by atoms with Crippen LogP contribution in [-0.2, 0) is 20.9 Å². The first-order valence-corrected chi connectivity index (χ1v) is 10.7. The SMILES string of the molecule is C=CC1(c2cccc(Br)c2)COC2(O1)c1ccccc1-n1c2nc2ccccc2c1=O. The first kappa shape index (κ1) is 18.7. The van der Waals surface area contributed by atoms with Crippen molar-refractivity contribution < 1.29 is 9.47 Å². The van der Waals surface area contributed by atoms with Gasteiger partial charge in [-0.3, -0.25) is 9.36 Å². The standard InChI is InChI=1S/C25H17BrN2O3/c1-2-24(16-8-7-9-17(26)14-16)15-30-25(31-24)19-11-4-6-13-21(19)28-22(29)18-10-3-5-12-20(18)27-23(25)28/h2-14H,1,15H2. The second-order valence-corrected chi connectivity index (χ2v) is 8.64. The lowest BCUT2D eigenvalue weighted by Gasteiger charge is -2.28. The van der Waals surface area contributed by atoms with Crippen LogP contribution in [0.25, 0.3) is 16.6 Å². The van der Waals surface area contributed by atoms with Crippen molar-refractivity contribution in [1.82, 2.24) is 9.55 Å². The van der Waals surface area contributed by atoms with Crippen LogP contribution < -0.4 is 5.56 Å². The zero-order chi connectivity index (χ0) is 21.2. The van der Waals surface area contributed by atoms with Crippen molar-refractivity contribution in [2.75, 3.05) is 6.61 Å². The highest BCUT2D eigenvalue weighted by Crippen LogP contribution is 2.53. The predicted molar refractivity (Wildman–Crippen MR) is 121 cm³/mol. The van der Waals surface area contributed by atoms with Gasteiger partial charge in [-0.25, -0.2) is 4.98 Å². The Kier molecular flexibility index (Phi) is 3.90. The molecule has 0 amide bonds. The fraction of sp³-hybridized carbons (Fsp3) is 0.120. The summed E-state index contributed by atoms with van der Waals surface area (Å²) in [5.41, 5.74) is 1.96. The minimum Gasteiger partial charge on any atom is -0.336 e. The highest BCUT2D eigenvalue weighted by atomic mass is 79.9. The number of halogens is 1. The Balaban J connectivity index is 1.64. The van der Waals surface area contributed by atoms with E-state index >= 15 is 0 Å². The molecule has 2 unspecified atom stereocenters. The van der Waals surface area contributed by atoms with E-state index in [0.717, 1.165) is 21.3 Å². The first-order chi connectivity index (χ1) is 15.1. The Hall–Kier alpha value is -3.06. The van der Waals surface area contributed by atoms with Crippen LogP contribution >= 0.6 is 15.9 Å². The molecule has 4 aromatic rings. The fourth-order valence-corrected chi connectivity index (χ4v) is 4.92. The summed E-state index contributed by atoms with van der Waals surface area (Å²) >= 11 is 3.54. The average Bonchev–Trinajstić information content (AvgIpc) is 3.33. The van der Waals surface area contributed by atoms with Gasteiger partial charge in [-0.2, -0.15) is 0 Å². The molecule has 0 bridgehead atoms. The molecule has 3 aromatic carbocycles. The molecule has 1 saturated heterocycles. The normalized spacial score (nSPS) is 23.8. The van der Waals surface area contributed by atoms with Crippen LogP contribution in [0.2, 0.25) is 0 Å². The van der Waals surface area contributed by atoms with Gasteiger partial charge in [0.2, 0.25) is 0 Å². The Morgan fingerprint density at radius 3 is 2.71 bits per heavy atom. The number of benzene rings is 3. The molecule has 6 rings (SSSR count). The third-order valence-corrected chi connectivity index (χ3v) is 6.52. The number of hydrogen-bond donors (Lipinski definition) is 0. The summed E-state index contributed by atoms with van der Waals surface area (Å²) in [4.78, 5) is 18.3. The first-order valence-electron chi connectivity index (χ1n) is 9.94. The summed E-state index contributed by atoms with van der Waals surface area (Å²) in [7, 11) is 0. The maximum Gasteiger partial charge on any atom is 0.266 e. The van der Waals surface area contributed by atoms with Crippen LogP contribution in [-0.4, -0.2) is 16.2 Å². The van der Waals surface area contributed by atoms with Crippen molar-refractivity contribution in [2.24, 2.45) is 0 Å². The molecule has 5 nitrogen and oxygen atoms in total. The lowest BCUT2D eigenvalue weighted by Crippen LogP contribution is -2.34. The Labute approximate surface area is 186 Å². The third kappa shape index (κ3) is 2.44. The van der Waals surface area contributed by atoms with Gasteiger partial charge in [0.1, 0.15) is 5.60 Å². The van der Waals surface area contributed by atoms with Gasteiger partial charge in [0.25, 0.3) is 11.3 Å². The average molecular weight is 473 g/mol. The number of aromatic nitrogens is 2. The number of para-hydroxylation sites is 2. The van der Waals surface area contributed by atoms with Crippen LogP contribution in [0.4, 0.5) is 0 Å². The van der Waals surface area contributed by atoms with Gasteiger partial charge >= 0.3 is 0 Å². The Bertz CT molecular complexity index is 1450. The van der Waals surface area contributed by atoms with Crippen molar-refractivity contribution in [3.8, 4) is 5.69 Å². The van der Waals surface area contributed by atoms with Crippen molar-refractivity contribution >= 4 is 26.8 Å². The van der Waals surface area contributed by atoms with E-state index in [0.29, 0.717) is 16.7 Å². The van der Waals surface area contributed by atoms with Gasteiger partial charge in [-0.15, -0.1) is 0 Å². The molecular weight excluding hydrogens is 456 g/mol. The third-order valence-electron chi connectivity index (χ3n) is 6.03. The second kappa shape index (κ2) is 6.47. The minimum atomic E-state index is -1.31. The fourth-order valence-electron chi connectivity index (χ4n) is 4.52. The number of rotatable bonds is 2. The molecule has 1 aromatic heterocycles. The van der Waals surface area contributed by atoms with Gasteiger partial charge in [0.05, 0.1) is 23.2 Å².